The van der Waals surface area contributed by atoms with Crippen LogP contribution in [0.5, 0.6) is 0 Å². The summed E-state index contributed by atoms with van der Waals surface area (Å²) in [4.78, 5) is 11.4. The fraction of sp³-hybridized carbons (Fsp3) is 0.462. The van der Waals surface area contributed by atoms with Crippen LogP contribution in [0.3, 0.4) is 0 Å². The molecular weight excluding hydrogens is 314 g/mol. The van der Waals surface area contributed by atoms with E-state index in [4.69, 9.17) is 17.3 Å². The van der Waals surface area contributed by atoms with Gasteiger partial charge in [-0.15, -0.1) is 0 Å². The fourth-order valence-electron chi connectivity index (χ4n) is 2.40. The van der Waals surface area contributed by atoms with Crippen molar-refractivity contribution in [1.29, 1.82) is 0 Å². The minimum Gasteiger partial charge on any atom is -0.369 e. The van der Waals surface area contributed by atoms with Crippen LogP contribution in [0, 0.1) is 0 Å². The first-order valence-electron chi connectivity index (χ1n) is 6.67. The number of carbonyl (C=O) groups is 1. The molecule has 1 aromatic rings. The highest BCUT2D eigenvalue weighted by Gasteiger charge is 2.33. The Balaban J connectivity index is 2.33. The Bertz CT molecular complexity index is 598. The molecule has 1 amide bonds. The molecule has 1 heterocycles. The van der Waals surface area contributed by atoms with E-state index in [0.29, 0.717) is 17.9 Å². The van der Waals surface area contributed by atoms with E-state index >= 15 is 0 Å². The zero-order valence-corrected chi connectivity index (χ0v) is 13.0. The van der Waals surface area contributed by atoms with Crippen molar-refractivity contribution in [2.75, 3.05) is 19.6 Å². The zero-order valence-electron chi connectivity index (χ0n) is 11.5. The quantitative estimate of drug-likeness (QED) is 0.825. The molecule has 0 aliphatic carbocycles. The number of nitrogens with two attached hydrogens (primary N) is 1. The number of amides is 1. The smallest absolute Gasteiger partial charge is 0.243 e. The number of rotatable bonds is 5. The van der Waals surface area contributed by atoms with Crippen molar-refractivity contribution in [2.24, 2.45) is 5.73 Å². The lowest BCUT2D eigenvalue weighted by molar-refractivity contribution is -0.118. The number of hydrogen-bond donors (Lipinski definition) is 2. The minimum atomic E-state index is -3.77. The maximum Gasteiger partial charge on any atom is 0.243 e. The molecule has 6 nitrogen and oxygen atoms in total. The molecule has 0 atom stereocenters. The molecule has 3 N–H and O–H groups in total. The molecule has 0 saturated carbocycles. The van der Waals surface area contributed by atoms with Crippen molar-refractivity contribution in [3.63, 3.8) is 0 Å². The summed E-state index contributed by atoms with van der Waals surface area (Å²) >= 11 is 5.78. The number of hydrogen-bond acceptors (Lipinski definition) is 4. The number of halogens is 1. The Morgan fingerprint density at radius 3 is 2.38 bits per heavy atom. The third kappa shape index (κ3) is 3.94. The van der Waals surface area contributed by atoms with Crippen molar-refractivity contribution in [3.8, 4) is 0 Å². The van der Waals surface area contributed by atoms with E-state index in [1.165, 1.54) is 28.6 Å². The van der Waals surface area contributed by atoms with Crippen LogP contribution in [0.1, 0.15) is 12.8 Å². The molecule has 0 unspecified atom stereocenters. The van der Waals surface area contributed by atoms with Crippen LogP contribution in [0.25, 0.3) is 0 Å². The summed E-state index contributed by atoms with van der Waals surface area (Å²) in [6.45, 7) is 1.13. The van der Waals surface area contributed by atoms with E-state index < -0.39 is 15.9 Å². The lowest BCUT2D eigenvalue weighted by Crippen LogP contribution is -2.49. The predicted octanol–water partition coefficient (Wildman–Crippen LogP) is 0.568. The zero-order chi connectivity index (χ0) is 15.5. The van der Waals surface area contributed by atoms with Gasteiger partial charge >= 0.3 is 0 Å². The summed E-state index contributed by atoms with van der Waals surface area (Å²) in [6.07, 6.45) is 1.31. The maximum atomic E-state index is 12.7. The Morgan fingerprint density at radius 1 is 1.29 bits per heavy atom. The summed E-state index contributed by atoms with van der Waals surface area (Å²) in [5.74, 6) is -0.661. The van der Waals surface area contributed by atoms with E-state index in [9.17, 15) is 13.2 Å². The molecule has 0 bridgehead atoms. The van der Waals surface area contributed by atoms with Crippen LogP contribution in [0.15, 0.2) is 29.2 Å². The van der Waals surface area contributed by atoms with Crippen LogP contribution < -0.4 is 11.1 Å². The number of piperidine rings is 1. The van der Waals surface area contributed by atoms with E-state index in [-0.39, 0.29) is 17.5 Å². The van der Waals surface area contributed by atoms with Crippen LogP contribution in [-0.2, 0) is 14.8 Å². The Hall–Kier alpha value is -1.15. The minimum absolute atomic E-state index is 0.117. The maximum absolute atomic E-state index is 12.7. The highest BCUT2D eigenvalue weighted by atomic mass is 35.5. The van der Waals surface area contributed by atoms with E-state index in [0.717, 1.165) is 13.1 Å². The average molecular weight is 332 g/mol. The van der Waals surface area contributed by atoms with E-state index in [1.54, 1.807) is 0 Å². The molecule has 8 heteroatoms. The molecule has 1 saturated heterocycles. The van der Waals surface area contributed by atoms with Gasteiger partial charge in [-0.3, -0.25) is 4.79 Å². The van der Waals surface area contributed by atoms with Crippen molar-refractivity contribution < 1.29 is 13.2 Å². The van der Waals surface area contributed by atoms with Gasteiger partial charge in [-0.2, -0.15) is 4.31 Å². The van der Waals surface area contributed by atoms with Crippen molar-refractivity contribution in [3.05, 3.63) is 29.3 Å². The summed E-state index contributed by atoms with van der Waals surface area (Å²) < 4.78 is 26.7. The van der Waals surface area contributed by atoms with Gasteiger partial charge < -0.3 is 11.1 Å². The van der Waals surface area contributed by atoms with E-state index in [1.807, 2.05) is 0 Å². The van der Waals surface area contributed by atoms with Gasteiger partial charge in [0.1, 0.15) is 0 Å². The topological polar surface area (TPSA) is 92.5 Å². The standard InChI is InChI=1S/C13H18ClN3O3S/c14-10-1-3-12(4-2-10)21(19,20)17(9-13(15)18)11-5-7-16-8-6-11/h1-4,11,16H,5-9H2,(H2,15,18). The van der Waals surface area contributed by atoms with Gasteiger partial charge in [-0.1, -0.05) is 11.6 Å². The Kier molecular flexibility index (Phi) is 5.21. The van der Waals surface area contributed by atoms with Crippen molar-refractivity contribution in [2.45, 2.75) is 23.8 Å². The number of primary amides is 1. The first-order valence-corrected chi connectivity index (χ1v) is 8.49. The van der Waals surface area contributed by atoms with Gasteiger partial charge in [0.05, 0.1) is 11.4 Å². The van der Waals surface area contributed by atoms with Crippen LogP contribution in [0.4, 0.5) is 0 Å². The number of carbonyl (C=O) groups excluding carboxylic acids is 1. The number of benzene rings is 1. The summed E-state index contributed by atoms with van der Waals surface area (Å²) in [5, 5.41) is 3.62. The monoisotopic (exact) mass is 331 g/mol. The molecule has 1 aliphatic heterocycles. The van der Waals surface area contributed by atoms with Crippen LogP contribution >= 0.6 is 11.6 Å². The fourth-order valence-corrected chi connectivity index (χ4v) is 4.18. The van der Waals surface area contributed by atoms with Crippen molar-refractivity contribution in [1.82, 2.24) is 9.62 Å². The van der Waals surface area contributed by atoms with Crippen LogP contribution in [0.2, 0.25) is 5.02 Å². The van der Waals surface area contributed by atoms with E-state index in [2.05, 4.69) is 5.32 Å². The second kappa shape index (κ2) is 6.74. The molecule has 1 aliphatic rings. The highest BCUT2D eigenvalue weighted by molar-refractivity contribution is 7.89. The third-order valence-corrected chi connectivity index (χ3v) is 5.61. The first kappa shape index (κ1) is 16.2. The average Bonchev–Trinajstić information content (AvgIpc) is 2.46. The summed E-state index contributed by atoms with van der Waals surface area (Å²) in [7, 11) is -3.77. The number of nitrogens with zero attached hydrogens (tertiary/aromatic N) is 1. The van der Waals surface area contributed by atoms with Gasteiger partial charge in [-0.25, -0.2) is 8.42 Å². The normalized spacial score (nSPS) is 17.0. The molecule has 0 radical (unpaired) electrons. The van der Waals surface area contributed by atoms with Gasteiger partial charge in [0.2, 0.25) is 15.9 Å². The third-order valence-electron chi connectivity index (χ3n) is 3.45. The lowest BCUT2D eigenvalue weighted by Gasteiger charge is -2.32. The molecule has 116 valence electrons. The largest absolute Gasteiger partial charge is 0.369 e. The summed E-state index contributed by atoms with van der Waals surface area (Å²) in [6, 6.07) is 5.68. The molecule has 2 rings (SSSR count). The molecular formula is C13H18ClN3O3S. The molecule has 21 heavy (non-hydrogen) atoms. The molecule has 0 spiro atoms. The number of sulfonamides is 1. The first-order chi connectivity index (χ1) is 9.91. The molecule has 0 aromatic heterocycles. The molecule has 1 aromatic carbocycles. The molecule has 1 fully saturated rings. The Labute approximate surface area is 129 Å². The Morgan fingerprint density at radius 2 is 1.86 bits per heavy atom. The van der Waals surface area contributed by atoms with Gasteiger partial charge in [-0.05, 0) is 50.2 Å². The predicted molar refractivity (Wildman–Crippen MR) is 80.4 cm³/mol. The lowest BCUT2D eigenvalue weighted by atomic mass is 10.1. The number of nitrogens with one attached hydrogen (secondary N) is 1. The summed E-state index contributed by atoms with van der Waals surface area (Å²) in [5.41, 5.74) is 5.22. The van der Waals surface area contributed by atoms with Crippen LogP contribution in [-0.4, -0.2) is 44.3 Å². The van der Waals surface area contributed by atoms with Crippen molar-refractivity contribution >= 4 is 27.5 Å². The highest BCUT2D eigenvalue weighted by Crippen LogP contribution is 2.23. The van der Waals surface area contributed by atoms with Gasteiger partial charge in [0, 0.05) is 11.1 Å². The SMILES string of the molecule is NC(=O)CN(C1CCNCC1)S(=O)(=O)c1ccc(Cl)cc1. The second-order valence-corrected chi connectivity index (χ2v) is 7.28. The van der Waals surface area contributed by atoms with Gasteiger partial charge in [0.15, 0.2) is 0 Å². The second-order valence-electron chi connectivity index (χ2n) is 4.95. The van der Waals surface area contributed by atoms with Gasteiger partial charge in [0.25, 0.3) is 0 Å².